The lowest BCUT2D eigenvalue weighted by Gasteiger charge is -2.07. The van der Waals surface area contributed by atoms with Crippen molar-refractivity contribution in [2.75, 3.05) is 24.1 Å². The number of nitrogens with one attached hydrogen (secondary N) is 3. The van der Waals surface area contributed by atoms with E-state index in [2.05, 4.69) is 38.9 Å². The zero-order valence-electron chi connectivity index (χ0n) is 8.75. The first-order chi connectivity index (χ1) is 7.25. The minimum absolute atomic E-state index is 0.340. The fourth-order valence-corrected chi connectivity index (χ4v) is 1.63. The molecule has 0 aromatic carbocycles. The molecule has 1 atom stereocenters. The second-order valence-corrected chi connectivity index (χ2v) is 3.75. The summed E-state index contributed by atoms with van der Waals surface area (Å²) in [6.45, 7) is 4.09. The van der Waals surface area contributed by atoms with E-state index in [0.29, 0.717) is 17.8 Å². The number of aromatic nitrogens is 3. The lowest BCUT2D eigenvalue weighted by molar-refractivity contribution is 0.673. The molecule has 6 heteroatoms. The quantitative estimate of drug-likeness (QED) is 0.571. The predicted molar refractivity (Wildman–Crippen MR) is 59.2 cm³/mol. The van der Waals surface area contributed by atoms with Crippen molar-refractivity contribution in [3.63, 3.8) is 0 Å². The van der Waals surface area contributed by atoms with Crippen LogP contribution in [0, 0.1) is 5.92 Å². The van der Waals surface area contributed by atoms with Gasteiger partial charge in [0.05, 0.1) is 0 Å². The fraction of sp³-hybridized carbons (Fsp3) is 0.556. The van der Waals surface area contributed by atoms with Crippen LogP contribution < -0.4 is 16.4 Å². The van der Waals surface area contributed by atoms with Gasteiger partial charge in [0.1, 0.15) is 0 Å². The SMILES string of the molecule is CC1CNC=C1CCNc1n[nH]c(N)n1. The van der Waals surface area contributed by atoms with Crippen LogP contribution in [0.25, 0.3) is 0 Å². The highest BCUT2D eigenvalue weighted by Gasteiger charge is 2.13. The Balaban J connectivity index is 1.75. The largest absolute Gasteiger partial charge is 0.390 e. The standard InChI is InChI=1S/C9H16N6/c1-6-4-11-5-7(6)2-3-12-9-13-8(10)14-15-9/h5-6,11H,2-4H2,1H3,(H4,10,12,13,14,15). The Hall–Kier alpha value is -1.72. The molecule has 1 aromatic heterocycles. The molecule has 0 radical (unpaired) electrons. The summed E-state index contributed by atoms with van der Waals surface area (Å²) < 4.78 is 0. The second kappa shape index (κ2) is 4.20. The zero-order chi connectivity index (χ0) is 10.7. The van der Waals surface area contributed by atoms with E-state index in [4.69, 9.17) is 5.73 Å². The number of nitrogens with two attached hydrogens (primary N) is 1. The van der Waals surface area contributed by atoms with Gasteiger partial charge in [-0.3, -0.25) is 0 Å². The number of rotatable bonds is 4. The Bertz CT molecular complexity index is 355. The highest BCUT2D eigenvalue weighted by molar-refractivity contribution is 5.30. The molecule has 0 fully saturated rings. The smallest absolute Gasteiger partial charge is 0.243 e. The van der Waals surface area contributed by atoms with Gasteiger partial charge in [0.2, 0.25) is 11.9 Å². The van der Waals surface area contributed by atoms with Gasteiger partial charge in [-0.05, 0) is 24.1 Å². The lowest BCUT2D eigenvalue weighted by atomic mass is 10.0. The van der Waals surface area contributed by atoms with Gasteiger partial charge in [-0.1, -0.05) is 6.92 Å². The van der Waals surface area contributed by atoms with Crippen LogP contribution in [0.4, 0.5) is 11.9 Å². The van der Waals surface area contributed by atoms with E-state index in [0.717, 1.165) is 19.5 Å². The number of H-pyrrole nitrogens is 1. The summed E-state index contributed by atoms with van der Waals surface area (Å²) in [6, 6.07) is 0. The second-order valence-electron chi connectivity index (χ2n) is 3.75. The van der Waals surface area contributed by atoms with Crippen molar-refractivity contribution in [1.29, 1.82) is 0 Å². The van der Waals surface area contributed by atoms with Gasteiger partial charge in [-0.15, -0.1) is 5.10 Å². The number of hydrogen-bond donors (Lipinski definition) is 4. The van der Waals surface area contributed by atoms with Crippen molar-refractivity contribution in [3.05, 3.63) is 11.8 Å². The zero-order valence-corrected chi connectivity index (χ0v) is 8.75. The number of aromatic amines is 1. The van der Waals surface area contributed by atoms with Gasteiger partial charge >= 0.3 is 0 Å². The highest BCUT2D eigenvalue weighted by Crippen LogP contribution is 2.17. The molecular formula is C9H16N6. The molecule has 1 aliphatic heterocycles. The van der Waals surface area contributed by atoms with E-state index in [9.17, 15) is 0 Å². The average molecular weight is 208 g/mol. The summed E-state index contributed by atoms with van der Waals surface area (Å²) in [5, 5.41) is 12.8. The number of nitrogens with zero attached hydrogens (tertiary/aromatic N) is 2. The molecule has 0 saturated heterocycles. The van der Waals surface area contributed by atoms with Gasteiger partial charge < -0.3 is 16.4 Å². The minimum atomic E-state index is 0.340. The van der Waals surface area contributed by atoms with E-state index in [1.807, 2.05) is 0 Å². The van der Waals surface area contributed by atoms with Crippen LogP contribution in [-0.4, -0.2) is 28.3 Å². The molecule has 82 valence electrons. The van der Waals surface area contributed by atoms with Crippen LogP contribution in [0.5, 0.6) is 0 Å². The van der Waals surface area contributed by atoms with Gasteiger partial charge in [0.25, 0.3) is 0 Å². The summed E-state index contributed by atoms with van der Waals surface area (Å²) in [6.07, 6.45) is 3.10. The summed E-state index contributed by atoms with van der Waals surface area (Å²) in [7, 11) is 0. The number of hydrogen-bond acceptors (Lipinski definition) is 5. The summed E-state index contributed by atoms with van der Waals surface area (Å²) in [5.41, 5.74) is 6.84. The molecule has 15 heavy (non-hydrogen) atoms. The van der Waals surface area contributed by atoms with Crippen molar-refractivity contribution < 1.29 is 0 Å². The van der Waals surface area contributed by atoms with E-state index >= 15 is 0 Å². The maximum absolute atomic E-state index is 5.40. The monoisotopic (exact) mass is 208 g/mol. The Morgan fingerprint density at radius 1 is 1.67 bits per heavy atom. The average Bonchev–Trinajstić information content (AvgIpc) is 2.77. The molecule has 1 unspecified atom stereocenters. The van der Waals surface area contributed by atoms with Crippen LogP contribution in [0.2, 0.25) is 0 Å². The van der Waals surface area contributed by atoms with Crippen molar-refractivity contribution >= 4 is 11.9 Å². The van der Waals surface area contributed by atoms with Crippen LogP contribution in [0.1, 0.15) is 13.3 Å². The van der Waals surface area contributed by atoms with Crippen LogP contribution in [0.3, 0.4) is 0 Å². The summed E-state index contributed by atoms with van der Waals surface area (Å²) in [5.74, 6) is 1.53. The molecule has 0 spiro atoms. The maximum atomic E-state index is 5.40. The summed E-state index contributed by atoms with van der Waals surface area (Å²) in [4.78, 5) is 3.96. The molecule has 1 aliphatic rings. The Labute approximate surface area is 88.3 Å². The van der Waals surface area contributed by atoms with Crippen molar-refractivity contribution in [1.82, 2.24) is 20.5 Å². The summed E-state index contributed by atoms with van der Waals surface area (Å²) >= 11 is 0. The van der Waals surface area contributed by atoms with Crippen molar-refractivity contribution in [2.24, 2.45) is 5.92 Å². The third kappa shape index (κ3) is 2.39. The normalized spacial score (nSPS) is 19.8. The lowest BCUT2D eigenvalue weighted by Crippen LogP contribution is -2.09. The molecule has 1 aromatic rings. The van der Waals surface area contributed by atoms with Crippen LogP contribution in [0.15, 0.2) is 11.8 Å². The number of anilines is 2. The minimum Gasteiger partial charge on any atom is -0.390 e. The Morgan fingerprint density at radius 3 is 3.13 bits per heavy atom. The van der Waals surface area contributed by atoms with E-state index in [-0.39, 0.29) is 0 Å². The maximum Gasteiger partial charge on any atom is 0.243 e. The first kappa shape index (κ1) is 9.82. The van der Waals surface area contributed by atoms with Crippen molar-refractivity contribution in [3.8, 4) is 0 Å². The topological polar surface area (TPSA) is 91.7 Å². The van der Waals surface area contributed by atoms with Gasteiger partial charge in [-0.25, -0.2) is 5.10 Å². The Kier molecular flexibility index (Phi) is 2.75. The van der Waals surface area contributed by atoms with Crippen LogP contribution in [-0.2, 0) is 0 Å². The van der Waals surface area contributed by atoms with E-state index < -0.39 is 0 Å². The molecule has 0 aliphatic carbocycles. The highest BCUT2D eigenvalue weighted by atomic mass is 15.3. The molecule has 6 nitrogen and oxygen atoms in total. The third-order valence-electron chi connectivity index (χ3n) is 2.54. The molecule has 5 N–H and O–H groups in total. The molecule has 0 bridgehead atoms. The molecule has 2 rings (SSSR count). The molecule has 2 heterocycles. The first-order valence-corrected chi connectivity index (χ1v) is 5.10. The van der Waals surface area contributed by atoms with Gasteiger partial charge in [0.15, 0.2) is 0 Å². The first-order valence-electron chi connectivity index (χ1n) is 5.10. The van der Waals surface area contributed by atoms with Gasteiger partial charge in [0, 0.05) is 13.1 Å². The fourth-order valence-electron chi connectivity index (χ4n) is 1.63. The predicted octanol–water partition coefficient (Wildman–Crippen LogP) is 0.312. The van der Waals surface area contributed by atoms with Crippen LogP contribution >= 0.6 is 0 Å². The third-order valence-corrected chi connectivity index (χ3v) is 2.54. The van der Waals surface area contributed by atoms with Crippen molar-refractivity contribution in [2.45, 2.75) is 13.3 Å². The molecular weight excluding hydrogens is 192 g/mol. The molecule has 0 saturated carbocycles. The van der Waals surface area contributed by atoms with Gasteiger partial charge in [-0.2, -0.15) is 4.98 Å². The molecule has 0 amide bonds. The Morgan fingerprint density at radius 2 is 2.53 bits per heavy atom. The van der Waals surface area contributed by atoms with E-state index in [1.165, 1.54) is 5.57 Å². The van der Waals surface area contributed by atoms with E-state index in [1.54, 1.807) is 0 Å². The number of nitrogen functional groups attached to an aromatic ring is 1.